The predicted molar refractivity (Wildman–Crippen MR) is 71.5 cm³/mol. The van der Waals surface area contributed by atoms with Crippen LogP contribution in [-0.2, 0) is 11.2 Å². The standard InChI is InChI=1S/C12H15ClN2O2S/c13-10-8-2-1-3-9(12(16)17)15(8)11(14-10)7-4-5-18-6-7/h7,9H,1-6H2,(H,16,17). The van der Waals surface area contributed by atoms with Crippen LogP contribution in [0, 0.1) is 0 Å². The number of hydrogen-bond acceptors (Lipinski definition) is 3. The first-order valence-electron chi connectivity index (χ1n) is 6.25. The number of fused-ring (bicyclic) bond motifs is 1. The van der Waals surface area contributed by atoms with Crippen molar-refractivity contribution in [2.75, 3.05) is 11.5 Å². The fraction of sp³-hybridized carbons (Fsp3) is 0.667. The predicted octanol–water partition coefficient (Wildman–Crippen LogP) is 2.72. The molecule has 3 rings (SSSR count). The van der Waals surface area contributed by atoms with Gasteiger partial charge in [-0.25, -0.2) is 9.78 Å². The summed E-state index contributed by atoms with van der Waals surface area (Å²) in [7, 11) is 0. The second-order valence-corrected chi connectivity index (χ2v) is 6.39. The van der Waals surface area contributed by atoms with Gasteiger partial charge in [-0.1, -0.05) is 11.6 Å². The van der Waals surface area contributed by atoms with Gasteiger partial charge in [-0.3, -0.25) is 0 Å². The van der Waals surface area contributed by atoms with Crippen molar-refractivity contribution >= 4 is 29.3 Å². The van der Waals surface area contributed by atoms with Crippen molar-refractivity contribution in [3.63, 3.8) is 0 Å². The summed E-state index contributed by atoms with van der Waals surface area (Å²) in [4.78, 5) is 15.9. The molecule has 2 unspecified atom stereocenters. The molecule has 0 spiro atoms. The summed E-state index contributed by atoms with van der Waals surface area (Å²) < 4.78 is 1.91. The monoisotopic (exact) mass is 286 g/mol. The second-order valence-electron chi connectivity index (χ2n) is 4.88. The summed E-state index contributed by atoms with van der Waals surface area (Å²) in [6.45, 7) is 0. The molecule has 0 aliphatic carbocycles. The molecule has 0 radical (unpaired) electrons. The highest BCUT2D eigenvalue weighted by atomic mass is 35.5. The molecule has 0 bridgehead atoms. The SMILES string of the molecule is O=C(O)C1CCCc2c(Cl)nc(C3CCSC3)n21. The molecule has 4 nitrogen and oxygen atoms in total. The fourth-order valence-corrected chi connectivity index (χ4v) is 4.37. The van der Waals surface area contributed by atoms with Crippen LogP contribution in [0.2, 0.25) is 5.15 Å². The molecule has 98 valence electrons. The van der Waals surface area contributed by atoms with Crippen molar-refractivity contribution in [3.8, 4) is 0 Å². The average Bonchev–Trinajstić information content (AvgIpc) is 2.97. The molecule has 0 aromatic carbocycles. The lowest BCUT2D eigenvalue weighted by molar-refractivity contribution is -0.141. The minimum absolute atomic E-state index is 0.362. The van der Waals surface area contributed by atoms with E-state index < -0.39 is 12.0 Å². The van der Waals surface area contributed by atoms with Gasteiger partial charge in [0.15, 0.2) is 5.15 Å². The lowest BCUT2D eigenvalue weighted by Gasteiger charge is -2.25. The fourth-order valence-electron chi connectivity index (χ4n) is 2.88. The van der Waals surface area contributed by atoms with Crippen LogP contribution >= 0.6 is 23.4 Å². The number of halogens is 1. The molecule has 2 atom stereocenters. The Morgan fingerprint density at radius 1 is 1.50 bits per heavy atom. The van der Waals surface area contributed by atoms with E-state index in [1.165, 1.54) is 0 Å². The summed E-state index contributed by atoms with van der Waals surface area (Å²) in [5, 5.41) is 9.87. The van der Waals surface area contributed by atoms with Gasteiger partial charge in [-0.2, -0.15) is 11.8 Å². The number of carbonyl (C=O) groups is 1. The minimum Gasteiger partial charge on any atom is -0.480 e. The third kappa shape index (κ3) is 1.93. The van der Waals surface area contributed by atoms with Crippen LogP contribution in [0.3, 0.4) is 0 Å². The number of carboxylic acid groups (broad SMARTS) is 1. The van der Waals surface area contributed by atoms with Crippen molar-refractivity contribution in [2.24, 2.45) is 0 Å². The smallest absolute Gasteiger partial charge is 0.326 e. The van der Waals surface area contributed by atoms with E-state index in [4.69, 9.17) is 11.6 Å². The molecule has 1 fully saturated rings. The third-order valence-corrected chi connectivity index (χ3v) is 5.24. The zero-order chi connectivity index (χ0) is 12.7. The number of carboxylic acids is 1. The van der Waals surface area contributed by atoms with Crippen molar-refractivity contribution in [1.82, 2.24) is 9.55 Å². The summed E-state index contributed by atoms with van der Waals surface area (Å²) in [6.07, 6.45) is 3.47. The Balaban J connectivity index is 2.07. The van der Waals surface area contributed by atoms with Gasteiger partial charge in [0.25, 0.3) is 0 Å². The van der Waals surface area contributed by atoms with E-state index in [2.05, 4.69) is 4.98 Å². The maximum absolute atomic E-state index is 11.4. The Kier molecular flexibility index (Phi) is 3.28. The van der Waals surface area contributed by atoms with E-state index in [-0.39, 0.29) is 0 Å². The summed E-state index contributed by atoms with van der Waals surface area (Å²) in [5.41, 5.74) is 0.919. The molecule has 0 saturated carbocycles. The Morgan fingerprint density at radius 2 is 2.33 bits per heavy atom. The molecule has 1 aromatic rings. The highest BCUT2D eigenvalue weighted by molar-refractivity contribution is 7.99. The van der Waals surface area contributed by atoms with Gasteiger partial charge < -0.3 is 9.67 Å². The van der Waals surface area contributed by atoms with Gasteiger partial charge in [-0.15, -0.1) is 0 Å². The van der Waals surface area contributed by atoms with Gasteiger partial charge in [0.1, 0.15) is 11.9 Å². The third-order valence-electron chi connectivity index (χ3n) is 3.77. The first-order chi connectivity index (χ1) is 8.68. The number of thioether (sulfide) groups is 1. The van der Waals surface area contributed by atoms with Crippen LogP contribution in [0.4, 0.5) is 0 Å². The molecule has 0 amide bonds. The number of nitrogens with zero attached hydrogens (tertiary/aromatic N) is 2. The first kappa shape index (κ1) is 12.4. The first-order valence-corrected chi connectivity index (χ1v) is 7.79. The summed E-state index contributed by atoms with van der Waals surface area (Å²) in [5.74, 6) is 2.65. The summed E-state index contributed by atoms with van der Waals surface area (Å²) in [6, 6.07) is -0.477. The molecular formula is C12H15ClN2O2S. The van der Waals surface area contributed by atoms with Crippen molar-refractivity contribution in [2.45, 2.75) is 37.6 Å². The molecule has 2 aliphatic rings. The molecule has 3 heterocycles. The largest absolute Gasteiger partial charge is 0.480 e. The zero-order valence-corrected chi connectivity index (χ0v) is 11.5. The number of imidazole rings is 1. The Bertz CT molecular complexity index is 483. The molecule has 1 aromatic heterocycles. The van der Waals surface area contributed by atoms with Crippen molar-refractivity contribution < 1.29 is 9.90 Å². The van der Waals surface area contributed by atoms with Crippen LogP contribution in [0.1, 0.15) is 42.7 Å². The van der Waals surface area contributed by atoms with Gasteiger partial charge >= 0.3 is 5.97 Å². The van der Waals surface area contributed by atoms with Crippen LogP contribution in [0.5, 0.6) is 0 Å². The Labute approximate surface area is 115 Å². The Morgan fingerprint density at radius 3 is 3.00 bits per heavy atom. The van der Waals surface area contributed by atoms with Crippen molar-refractivity contribution in [1.29, 1.82) is 0 Å². The van der Waals surface area contributed by atoms with E-state index >= 15 is 0 Å². The number of hydrogen-bond donors (Lipinski definition) is 1. The lowest BCUT2D eigenvalue weighted by Crippen LogP contribution is -2.27. The number of rotatable bonds is 2. The highest BCUT2D eigenvalue weighted by Gasteiger charge is 2.34. The van der Waals surface area contributed by atoms with E-state index in [0.29, 0.717) is 17.5 Å². The maximum atomic E-state index is 11.4. The van der Waals surface area contributed by atoms with E-state index in [1.54, 1.807) is 0 Å². The topological polar surface area (TPSA) is 55.1 Å². The van der Waals surface area contributed by atoms with Crippen LogP contribution < -0.4 is 0 Å². The van der Waals surface area contributed by atoms with Crippen molar-refractivity contribution in [3.05, 3.63) is 16.7 Å². The molecule has 6 heteroatoms. The maximum Gasteiger partial charge on any atom is 0.326 e. The zero-order valence-electron chi connectivity index (χ0n) is 9.93. The van der Waals surface area contributed by atoms with Crippen LogP contribution in [-0.4, -0.2) is 32.1 Å². The minimum atomic E-state index is -0.767. The molecule has 2 aliphatic heterocycles. The van der Waals surface area contributed by atoms with Gasteiger partial charge in [0.05, 0.1) is 5.69 Å². The average molecular weight is 287 g/mol. The molecule has 1 N–H and O–H groups in total. The second kappa shape index (κ2) is 4.78. The summed E-state index contributed by atoms with van der Waals surface area (Å²) >= 11 is 8.08. The number of aromatic nitrogens is 2. The van der Waals surface area contributed by atoms with Gasteiger partial charge in [0, 0.05) is 11.7 Å². The molecule has 18 heavy (non-hydrogen) atoms. The quantitative estimate of drug-likeness (QED) is 0.908. The van der Waals surface area contributed by atoms with Crippen LogP contribution in [0.25, 0.3) is 0 Å². The molecular weight excluding hydrogens is 272 g/mol. The van der Waals surface area contributed by atoms with E-state index in [0.717, 1.165) is 42.3 Å². The lowest BCUT2D eigenvalue weighted by atomic mass is 10.0. The van der Waals surface area contributed by atoms with Gasteiger partial charge in [0.2, 0.25) is 0 Å². The van der Waals surface area contributed by atoms with E-state index in [1.807, 2.05) is 16.3 Å². The number of aliphatic carboxylic acids is 1. The van der Waals surface area contributed by atoms with E-state index in [9.17, 15) is 9.90 Å². The molecule has 1 saturated heterocycles. The van der Waals surface area contributed by atoms with Crippen LogP contribution in [0.15, 0.2) is 0 Å². The normalized spacial score (nSPS) is 27.2. The highest BCUT2D eigenvalue weighted by Crippen LogP contribution is 2.38. The Hall–Kier alpha value is -0.680. The van der Waals surface area contributed by atoms with Gasteiger partial charge in [-0.05, 0) is 31.4 Å².